The van der Waals surface area contributed by atoms with E-state index in [2.05, 4.69) is 0 Å². The minimum absolute atomic E-state index is 0.311. The van der Waals surface area contributed by atoms with Crippen molar-refractivity contribution in [3.05, 3.63) is 33.8 Å². The molecular weight excluding hydrogens is 250 g/mol. The first kappa shape index (κ1) is 11.5. The first-order valence-electron chi connectivity index (χ1n) is 3.67. The van der Waals surface area contributed by atoms with E-state index in [9.17, 15) is 0 Å². The van der Waals surface area contributed by atoms with E-state index in [4.69, 9.17) is 46.4 Å². The van der Waals surface area contributed by atoms with Crippen LogP contribution in [-0.4, -0.2) is 5.88 Å². The molecule has 0 bridgehead atoms. The Bertz CT molecular complexity index is 286. The predicted octanol–water partition coefficient (Wildman–Crippen LogP) is 4.69. The molecule has 0 aliphatic rings. The van der Waals surface area contributed by atoms with Gasteiger partial charge in [-0.05, 0) is 30.7 Å². The molecule has 0 aromatic heterocycles. The predicted molar refractivity (Wildman–Crippen MR) is 60.4 cm³/mol. The van der Waals surface area contributed by atoms with E-state index in [-0.39, 0.29) is 0 Å². The molecule has 0 spiro atoms. The maximum absolute atomic E-state index is 6.14. The highest BCUT2D eigenvalue weighted by atomic mass is 35.5. The summed E-state index contributed by atoms with van der Waals surface area (Å²) in [7, 11) is 0. The van der Waals surface area contributed by atoms with Crippen LogP contribution >= 0.6 is 46.4 Å². The van der Waals surface area contributed by atoms with Crippen LogP contribution < -0.4 is 0 Å². The highest BCUT2D eigenvalue weighted by molar-refractivity contribution is 6.35. The smallest absolute Gasteiger partial charge is 0.0802 e. The molecular formula is C9H8Cl4. The molecule has 0 saturated carbocycles. The third-order valence-corrected chi connectivity index (χ3v) is 3.18. The molecule has 1 unspecified atom stereocenters. The summed E-state index contributed by atoms with van der Waals surface area (Å²) in [5, 5.41) is 1.14. The molecule has 0 saturated heterocycles. The molecule has 72 valence electrons. The van der Waals surface area contributed by atoms with Gasteiger partial charge in [0.25, 0.3) is 0 Å². The fourth-order valence-corrected chi connectivity index (χ4v) is 1.72. The lowest BCUT2D eigenvalue weighted by molar-refractivity contribution is 0.775. The highest BCUT2D eigenvalue weighted by Gasteiger charge is 2.22. The average molecular weight is 258 g/mol. The molecule has 0 fully saturated rings. The van der Waals surface area contributed by atoms with E-state index in [1.165, 1.54) is 0 Å². The van der Waals surface area contributed by atoms with E-state index in [0.29, 0.717) is 15.9 Å². The zero-order chi connectivity index (χ0) is 10.1. The van der Waals surface area contributed by atoms with Gasteiger partial charge in [-0.3, -0.25) is 0 Å². The van der Waals surface area contributed by atoms with Crippen LogP contribution in [0.3, 0.4) is 0 Å². The van der Waals surface area contributed by atoms with Gasteiger partial charge < -0.3 is 0 Å². The Morgan fingerprint density at radius 1 is 1.15 bits per heavy atom. The van der Waals surface area contributed by atoms with E-state index >= 15 is 0 Å². The molecule has 13 heavy (non-hydrogen) atoms. The van der Waals surface area contributed by atoms with E-state index in [1.54, 1.807) is 18.2 Å². The molecule has 0 amide bonds. The summed E-state index contributed by atoms with van der Waals surface area (Å²) in [6.07, 6.45) is 0. The van der Waals surface area contributed by atoms with E-state index < -0.39 is 4.87 Å². The SMILES string of the molecule is CC(Cl)(CCl)c1cc(Cl)cc(Cl)c1. The van der Waals surface area contributed by atoms with Gasteiger partial charge in [-0.2, -0.15) is 0 Å². The first-order valence-corrected chi connectivity index (χ1v) is 5.34. The molecule has 0 aliphatic carbocycles. The van der Waals surface area contributed by atoms with Gasteiger partial charge in [0.2, 0.25) is 0 Å². The van der Waals surface area contributed by atoms with Crippen LogP contribution in [0, 0.1) is 0 Å². The molecule has 1 atom stereocenters. The lowest BCUT2D eigenvalue weighted by Crippen LogP contribution is -2.15. The van der Waals surface area contributed by atoms with Crippen LogP contribution in [-0.2, 0) is 4.87 Å². The van der Waals surface area contributed by atoms with Gasteiger partial charge in [-0.15, -0.1) is 23.2 Å². The van der Waals surface area contributed by atoms with Crippen LogP contribution in [0.2, 0.25) is 10.0 Å². The molecule has 0 radical (unpaired) electrons. The number of hydrogen-bond donors (Lipinski definition) is 0. The van der Waals surface area contributed by atoms with Crippen LogP contribution in [0.4, 0.5) is 0 Å². The van der Waals surface area contributed by atoms with Crippen LogP contribution in [0.5, 0.6) is 0 Å². The van der Waals surface area contributed by atoms with Gasteiger partial charge in [-0.25, -0.2) is 0 Å². The number of benzene rings is 1. The standard InChI is InChI=1S/C9H8Cl4/c1-9(13,5-10)6-2-7(11)4-8(12)3-6/h2-4H,5H2,1H3. The summed E-state index contributed by atoms with van der Waals surface area (Å²) >= 11 is 23.5. The Hall–Kier alpha value is 0.380. The molecule has 0 N–H and O–H groups in total. The second-order valence-corrected chi connectivity index (χ2v) is 4.96. The van der Waals surface area contributed by atoms with Gasteiger partial charge in [-0.1, -0.05) is 23.2 Å². The van der Waals surface area contributed by atoms with Crippen molar-refractivity contribution in [1.82, 2.24) is 0 Å². The van der Waals surface area contributed by atoms with Crippen LogP contribution in [0.15, 0.2) is 18.2 Å². The molecule has 1 aromatic rings. The minimum Gasteiger partial charge on any atom is -0.124 e. The number of halogens is 4. The molecule has 1 aromatic carbocycles. The maximum Gasteiger partial charge on any atom is 0.0802 e. The Balaban J connectivity index is 3.15. The number of rotatable bonds is 2. The topological polar surface area (TPSA) is 0 Å². The number of alkyl halides is 2. The van der Waals surface area contributed by atoms with Crippen molar-refractivity contribution in [2.24, 2.45) is 0 Å². The Morgan fingerprint density at radius 2 is 1.62 bits per heavy atom. The van der Waals surface area contributed by atoms with E-state index in [0.717, 1.165) is 5.56 Å². The summed E-state index contributed by atoms with van der Waals surface area (Å²) in [4.78, 5) is -0.615. The fourth-order valence-electron chi connectivity index (χ4n) is 0.932. The molecule has 4 heteroatoms. The van der Waals surface area contributed by atoms with Gasteiger partial charge in [0.05, 0.1) is 4.87 Å². The summed E-state index contributed by atoms with van der Waals surface area (Å²) in [5.74, 6) is 0.311. The fraction of sp³-hybridized carbons (Fsp3) is 0.333. The van der Waals surface area contributed by atoms with Gasteiger partial charge in [0, 0.05) is 15.9 Å². The zero-order valence-electron chi connectivity index (χ0n) is 6.95. The lowest BCUT2D eigenvalue weighted by atomic mass is 10.0. The van der Waals surface area contributed by atoms with Crippen molar-refractivity contribution < 1.29 is 0 Å². The van der Waals surface area contributed by atoms with E-state index in [1.807, 2.05) is 6.92 Å². The van der Waals surface area contributed by atoms with Gasteiger partial charge in [0.15, 0.2) is 0 Å². The van der Waals surface area contributed by atoms with Crippen molar-refractivity contribution in [2.75, 3.05) is 5.88 Å². The molecule has 0 aliphatic heterocycles. The first-order chi connectivity index (χ1) is 5.95. The van der Waals surface area contributed by atoms with Crippen molar-refractivity contribution in [2.45, 2.75) is 11.8 Å². The largest absolute Gasteiger partial charge is 0.124 e. The molecule has 0 nitrogen and oxygen atoms in total. The minimum atomic E-state index is -0.615. The molecule has 0 heterocycles. The van der Waals surface area contributed by atoms with Crippen molar-refractivity contribution in [1.29, 1.82) is 0 Å². The zero-order valence-corrected chi connectivity index (χ0v) is 9.97. The van der Waals surface area contributed by atoms with Crippen molar-refractivity contribution >= 4 is 46.4 Å². The average Bonchev–Trinajstić information content (AvgIpc) is 2.02. The summed E-state index contributed by atoms with van der Waals surface area (Å²) in [6, 6.07) is 5.19. The maximum atomic E-state index is 6.14. The van der Waals surface area contributed by atoms with Crippen molar-refractivity contribution in [3.63, 3.8) is 0 Å². The van der Waals surface area contributed by atoms with Crippen molar-refractivity contribution in [3.8, 4) is 0 Å². The Morgan fingerprint density at radius 3 is 2.00 bits per heavy atom. The van der Waals surface area contributed by atoms with Gasteiger partial charge >= 0.3 is 0 Å². The molecule has 1 rings (SSSR count). The Kier molecular flexibility index (Phi) is 3.76. The summed E-state index contributed by atoms with van der Waals surface area (Å²) < 4.78 is 0. The quantitative estimate of drug-likeness (QED) is 0.675. The monoisotopic (exact) mass is 256 g/mol. The van der Waals surface area contributed by atoms with Gasteiger partial charge in [0.1, 0.15) is 0 Å². The third-order valence-electron chi connectivity index (χ3n) is 1.72. The number of hydrogen-bond acceptors (Lipinski definition) is 0. The highest BCUT2D eigenvalue weighted by Crippen LogP contribution is 2.33. The Labute approximate surface area is 97.7 Å². The second kappa shape index (κ2) is 4.27. The summed E-state index contributed by atoms with van der Waals surface area (Å²) in [6.45, 7) is 1.82. The normalized spacial score (nSPS) is 15.5. The lowest BCUT2D eigenvalue weighted by Gasteiger charge is -2.19. The summed E-state index contributed by atoms with van der Waals surface area (Å²) in [5.41, 5.74) is 0.835. The van der Waals surface area contributed by atoms with Crippen LogP contribution in [0.25, 0.3) is 0 Å². The second-order valence-electron chi connectivity index (χ2n) is 2.99. The van der Waals surface area contributed by atoms with Crippen LogP contribution in [0.1, 0.15) is 12.5 Å². The third kappa shape index (κ3) is 2.92.